The van der Waals surface area contributed by atoms with E-state index in [1.807, 2.05) is 34.0 Å². The lowest BCUT2D eigenvalue weighted by atomic mass is 10.0. The number of aromatic nitrogens is 1. The van der Waals surface area contributed by atoms with Gasteiger partial charge < -0.3 is 21.3 Å². The molecule has 1 amide bonds. The molecular formula is C17H33N5O2S. The number of amidine groups is 1. The zero-order valence-corrected chi connectivity index (χ0v) is 17.2. The number of hydrogen-bond donors (Lipinski definition) is 3. The molecule has 1 rings (SSSR count). The fraction of sp³-hybridized carbons (Fsp3) is 0.588. The lowest BCUT2D eigenvalue weighted by Crippen LogP contribution is -2.36. The van der Waals surface area contributed by atoms with Gasteiger partial charge in [0.25, 0.3) is 5.91 Å². The molecular weight excluding hydrogens is 338 g/mol. The first kappa shape index (κ1) is 25.3. The van der Waals surface area contributed by atoms with E-state index in [1.54, 1.807) is 37.2 Å². The Balaban J connectivity index is 0. The number of nitrogens with two attached hydrogens (primary N) is 1. The van der Waals surface area contributed by atoms with Gasteiger partial charge in [0.05, 0.1) is 11.6 Å². The average Bonchev–Trinajstić information content (AvgIpc) is 3.11. The van der Waals surface area contributed by atoms with Crippen LogP contribution >= 0.6 is 11.8 Å². The van der Waals surface area contributed by atoms with E-state index in [2.05, 4.69) is 15.7 Å². The molecule has 0 aromatic carbocycles. The van der Waals surface area contributed by atoms with Crippen LogP contribution in [0, 0.1) is 5.92 Å². The van der Waals surface area contributed by atoms with Crippen molar-refractivity contribution in [3.63, 3.8) is 0 Å². The number of aliphatic imine (C=N–C) groups is 1. The molecule has 7 nitrogen and oxygen atoms in total. The smallest absolute Gasteiger partial charge is 0.253 e. The highest BCUT2D eigenvalue weighted by Crippen LogP contribution is 2.05. The Bertz CT molecular complexity index is 515. The standard InChI is InChI=1S/C12H19N3O2.C3H8N2S.C2H6/c1-9(2)6-11(8-16)14-12(17)10-4-5-15(7-10)13-3;1-5-3(4)6-2;1-2/h4-5,7-9,11,13H,6H2,1-3H3,(H,14,17);1-2H3,(H2,4,5);1-2H3. The van der Waals surface area contributed by atoms with Gasteiger partial charge in [-0.15, -0.1) is 0 Å². The Morgan fingerprint density at radius 2 is 2.04 bits per heavy atom. The van der Waals surface area contributed by atoms with Crippen LogP contribution in [0.2, 0.25) is 0 Å². The van der Waals surface area contributed by atoms with E-state index in [9.17, 15) is 9.59 Å². The second kappa shape index (κ2) is 15.6. The Kier molecular flexibility index (Phi) is 15.7. The van der Waals surface area contributed by atoms with Crippen LogP contribution in [0.3, 0.4) is 0 Å². The van der Waals surface area contributed by atoms with Gasteiger partial charge in [-0.25, -0.2) is 0 Å². The second-order valence-electron chi connectivity index (χ2n) is 5.14. The van der Waals surface area contributed by atoms with Gasteiger partial charge in [0, 0.05) is 26.5 Å². The Morgan fingerprint density at radius 3 is 2.36 bits per heavy atom. The van der Waals surface area contributed by atoms with Crippen LogP contribution in [0.4, 0.5) is 0 Å². The van der Waals surface area contributed by atoms with Crippen molar-refractivity contribution < 1.29 is 9.59 Å². The third-order valence-electron chi connectivity index (χ3n) is 2.85. The number of rotatable bonds is 6. The molecule has 0 saturated carbocycles. The van der Waals surface area contributed by atoms with E-state index >= 15 is 0 Å². The number of carbonyl (C=O) groups excluding carboxylic acids is 2. The number of amides is 1. The molecule has 0 radical (unpaired) electrons. The molecule has 1 heterocycles. The van der Waals surface area contributed by atoms with Crippen molar-refractivity contribution in [1.82, 2.24) is 9.99 Å². The molecule has 1 aromatic rings. The molecule has 0 aliphatic heterocycles. The SMILES string of the molecule is CC.CN=C(N)SC.CNn1ccc(C(=O)NC(C=O)CC(C)C)c1. The van der Waals surface area contributed by atoms with Crippen LogP contribution in [0.5, 0.6) is 0 Å². The summed E-state index contributed by atoms with van der Waals surface area (Å²) in [6.07, 6.45) is 6.75. The van der Waals surface area contributed by atoms with Crippen molar-refractivity contribution >= 4 is 29.1 Å². The monoisotopic (exact) mass is 371 g/mol. The van der Waals surface area contributed by atoms with Crippen LogP contribution in [0.1, 0.15) is 44.5 Å². The Labute approximate surface area is 155 Å². The molecule has 8 heteroatoms. The van der Waals surface area contributed by atoms with Crippen molar-refractivity contribution in [3.8, 4) is 0 Å². The zero-order valence-electron chi connectivity index (χ0n) is 16.4. The molecule has 0 spiro atoms. The Morgan fingerprint density at radius 1 is 1.44 bits per heavy atom. The Hall–Kier alpha value is -1.96. The van der Waals surface area contributed by atoms with E-state index in [0.717, 1.165) is 6.29 Å². The maximum atomic E-state index is 11.8. The van der Waals surface area contributed by atoms with Gasteiger partial charge in [0.15, 0.2) is 5.17 Å². The van der Waals surface area contributed by atoms with Crippen molar-refractivity contribution in [2.75, 3.05) is 25.8 Å². The molecule has 25 heavy (non-hydrogen) atoms. The van der Waals surface area contributed by atoms with Crippen molar-refractivity contribution in [1.29, 1.82) is 0 Å². The summed E-state index contributed by atoms with van der Waals surface area (Å²) in [6.45, 7) is 8.03. The number of nitrogens with zero attached hydrogens (tertiary/aromatic N) is 2. The van der Waals surface area contributed by atoms with Crippen molar-refractivity contribution in [2.24, 2.45) is 16.6 Å². The van der Waals surface area contributed by atoms with Crippen molar-refractivity contribution in [2.45, 2.75) is 40.2 Å². The van der Waals surface area contributed by atoms with Crippen LogP contribution < -0.4 is 16.5 Å². The quantitative estimate of drug-likeness (QED) is 0.405. The van der Waals surface area contributed by atoms with Crippen LogP contribution in [0.15, 0.2) is 23.5 Å². The van der Waals surface area contributed by atoms with E-state index in [0.29, 0.717) is 23.1 Å². The average molecular weight is 372 g/mol. The number of thioether (sulfide) groups is 1. The summed E-state index contributed by atoms with van der Waals surface area (Å²) in [5, 5.41) is 3.34. The molecule has 1 unspecified atom stereocenters. The predicted octanol–water partition coefficient (Wildman–Crippen LogP) is 2.32. The van der Waals surface area contributed by atoms with E-state index in [-0.39, 0.29) is 5.91 Å². The first-order valence-corrected chi connectivity index (χ1v) is 9.48. The van der Waals surface area contributed by atoms with E-state index in [1.165, 1.54) is 11.8 Å². The van der Waals surface area contributed by atoms with Gasteiger partial charge in [-0.2, -0.15) is 0 Å². The highest BCUT2D eigenvalue weighted by molar-refractivity contribution is 8.13. The van der Waals surface area contributed by atoms with Gasteiger partial charge in [-0.05, 0) is 24.7 Å². The van der Waals surface area contributed by atoms with E-state index < -0.39 is 6.04 Å². The maximum absolute atomic E-state index is 11.8. The van der Waals surface area contributed by atoms with Gasteiger partial charge >= 0.3 is 0 Å². The number of carbonyl (C=O) groups is 2. The summed E-state index contributed by atoms with van der Waals surface area (Å²) in [5.74, 6) is 0.143. The highest BCUT2D eigenvalue weighted by Gasteiger charge is 2.14. The lowest BCUT2D eigenvalue weighted by molar-refractivity contribution is -0.109. The highest BCUT2D eigenvalue weighted by atomic mass is 32.2. The number of nitrogens with one attached hydrogen (secondary N) is 2. The number of aldehydes is 1. The summed E-state index contributed by atoms with van der Waals surface area (Å²) >= 11 is 1.45. The third kappa shape index (κ3) is 12.1. The van der Waals surface area contributed by atoms with Gasteiger partial charge in [-0.3, -0.25) is 14.5 Å². The molecule has 0 aliphatic rings. The molecule has 0 saturated heterocycles. The molecule has 0 fully saturated rings. The summed E-state index contributed by atoms with van der Waals surface area (Å²) in [6, 6.07) is 1.28. The molecule has 0 aliphatic carbocycles. The van der Waals surface area contributed by atoms with Crippen LogP contribution in [0.25, 0.3) is 0 Å². The summed E-state index contributed by atoms with van der Waals surface area (Å²) < 4.78 is 1.67. The molecule has 1 aromatic heterocycles. The second-order valence-corrected chi connectivity index (χ2v) is 5.97. The third-order valence-corrected chi connectivity index (χ3v) is 3.45. The fourth-order valence-corrected chi connectivity index (χ4v) is 1.85. The first-order chi connectivity index (χ1) is 11.9. The number of hydrogen-bond acceptors (Lipinski definition) is 5. The van der Waals surface area contributed by atoms with Gasteiger partial charge in [-0.1, -0.05) is 39.5 Å². The summed E-state index contributed by atoms with van der Waals surface area (Å²) in [5.41, 5.74) is 8.59. The molecule has 0 bridgehead atoms. The predicted molar refractivity (Wildman–Crippen MR) is 109 cm³/mol. The van der Waals surface area contributed by atoms with Crippen LogP contribution in [-0.2, 0) is 4.79 Å². The maximum Gasteiger partial charge on any atom is 0.253 e. The minimum atomic E-state index is -0.416. The summed E-state index contributed by atoms with van der Waals surface area (Å²) in [4.78, 5) is 26.3. The molecule has 4 N–H and O–H groups in total. The molecule has 144 valence electrons. The van der Waals surface area contributed by atoms with E-state index in [4.69, 9.17) is 5.73 Å². The minimum Gasteiger partial charge on any atom is -0.379 e. The van der Waals surface area contributed by atoms with Gasteiger partial charge in [0.2, 0.25) is 0 Å². The van der Waals surface area contributed by atoms with Crippen molar-refractivity contribution in [3.05, 3.63) is 24.0 Å². The lowest BCUT2D eigenvalue weighted by Gasteiger charge is -2.14. The first-order valence-electron chi connectivity index (χ1n) is 8.26. The normalized spacial score (nSPS) is 11.4. The van der Waals surface area contributed by atoms with Gasteiger partial charge in [0.1, 0.15) is 6.29 Å². The topological polar surface area (TPSA) is 102 Å². The fourth-order valence-electron chi connectivity index (χ4n) is 1.67. The minimum absolute atomic E-state index is 0.225. The largest absolute Gasteiger partial charge is 0.379 e. The zero-order chi connectivity index (χ0) is 19.8. The summed E-state index contributed by atoms with van der Waals surface area (Å²) in [7, 11) is 3.43. The molecule has 1 atom stereocenters. The van der Waals surface area contributed by atoms with Crippen LogP contribution in [-0.4, -0.2) is 48.4 Å².